The summed E-state index contributed by atoms with van der Waals surface area (Å²) in [5, 5.41) is 12.3. The topological polar surface area (TPSA) is 55.6 Å². The van der Waals surface area contributed by atoms with Crippen LogP contribution in [0.15, 0.2) is 12.4 Å². The summed E-state index contributed by atoms with van der Waals surface area (Å²) in [6.07, 6.45) is 4.65. The van der Waals surface area contributed by atoms with E-state index in [4.69, 9.17) is 0 Å². The van der Waals surface area contributed by atoms with Gasteiger partial charge in [0, 0.05) is 24.2 Å². The van der Waals surface area contributed by atoms with Gasteiger partial charge in [-0.15, -0.1) is 16.4 Å². The molecule has 0 aromatic carbocycles. The monoisotopic (exact) mass is 251 g/mol. The van der Waals surface area contributed by atoms with Crippen molar-refractivity contribution in [3.63, 3.8) is 0 Å². The predicted molar refractivity (Wildman–Crippen MR) is 67.9 cm³/mol. The van der Waals surface area contributed by atoms with Crippen LogP contribution in [0.3, 0.4) is 0 Å². The molecule has 0 radical (unpaired) electrons. The van der Waals surface area contributed by atoms with Crippen molar-refractivity contribution in [2.45, 2.75) is 33.4 Å². The minimum absolute atomic E-state index is 0.910. The molecule has 2 heterocycles. The predicted octanol–water partition coefficient (Wildman–Crippen LogP) is 1.53. The van der Waals surface area contributed by atoms with Crippen molar-refractivity contribution in [3.05, 3.63) is 28.0 Å². The molecule has 0 saturated carbocycles. The van der Waals surface area contributed by atoms with E-state index >= 15 is 0 Å². The van der Waals surface area contributed by atoms with Gasteiger partial charge in [-0.2, -0.15) is 0 Å². The fraction of sp³-hybridized carbons (Fsp3) is 0.545. The van der Waals surface area contributed by atoms with E-state index in [2.05, 4.69) is 27.5 Å². The lowest BCUT2D eigenvalue weighted by atomic mass is 10.3. The van der Waals surface area contributed by atoms with Crippen LogP contribution in [0.5, 0.6) is 0 Å². The van der Waals surface area contributed by atoms with Gasteiger partial charge < -0.3 is 5.32 Å². The highest BCUT2D eigenvalue weighted by atomic mass is 32.1. The van der Waals surface area contributed by atoms with Crippen molar-refractivity contribution in [2.75, 3.05) is 6.54 Å². The summed E-state index contributed by atoms with van der Waals surface area (Å²) in [5.74, 6) is 0. The van der Waals surface area contributed by atoms with E-state index in [1.54, 1.807) is 17.5 Å². The van der Waals surface area contributed by atoms with Crippen LogP contribution in [0, 0.1) is 13.8 Å². The van der Waals surface area contributed by atoms with Gasteiger partial charge >= 0.3 is 0 Å². The van der Waals surface area contributed by atoms with Crippen molar-refractivity contribution < 1.29 is 0 Å². The summed E-state index contributed by atoms with van der Waals surface area (Å²) in [5.41, 5.74) is 1.15. The standard InChI is InChI=1S/C11H17N5S/c1-9-11(17-10(2)14-9)8-12-4-3-6-16-7-5-13-15-16/h5,7,12H,3-4,6,8H2,1-2H3. The number of thiazole rings is 1. The van der Waals surface area contributed by atoms with Gasteiger partial charge in [0.05, 0.1) is 16.9 Å². The lowest BCUT2D eigenvalue weighted by Crippen LogP contribution is -2.16. The van der Waals surface area contributed by atoms with Gasteiger partial charge in [0.25, 0.3) is 0 Å². The lowest BCUT2D eigenvalue weighted by Gasteiger charge is -2.03. The van der Waals surface area contributed by atoms with E-state index in [1.807, 2.05) is 17.8 Å². The molecule has 0 atom stereocenters. The summed E-state index contributed by atoms with van der Waals surface area (Å²) in [6.45, 7) is 6.92. The first-order valence-corrected chi connectivity index (χ1v) is 6.55. The Labute approximate surface area is 105 Å². The number of aryl methyl sites for hydroxylation is 3. The third-order valence-corrected chi connectivity index (χ3v) is 3.57. The molecule has 0 bridgehead atoms. The van der Waals surface area contributed by atoms with Crippen molar-refractivity contribution in [1.82, 2.24) is 25.3 Å². The molecule has 2 aromatic heterocycles. The second-order valence-electron chi connectivity index (χ2n) is 3.94. The van der Waals surface area contributed by atoms with Crippen LogP contribution in [0.1, 0.15) is 22.0 Å². The van der Waals surface area contributed by atoms with Gasteiger partial charge in [-0.05, 0) is 26.8 Å². The third-order valence-electron chi connectivity index (χ3n) is 2.50. The third kappa shape index (κ3) is 3.61. The average Bonchev–Trinajstić information content (AvgIpc) is 2.89. The van der Waals surface area contributed by atoms with E-state index in [-0.39, 0.29) is 0 Å². The number of hydrogen-bond acceptors (Lipinski definition) is 5. The maximum absolute atomic E-state index is 4.41. The van der Waals surface area contributed by atoms with Crippen molar-refractivity contribution in [1.29, 1.82) is 0 Å². The summed E-state index contributed by atoms with van der Waals surface area (Å²) in [7, 11) is 0. The van der Waals surface area contributed by atoms with Gasteiger partial charge in [-0.25, -0.2) is 4.98 Å². The second-order valence-corrected chi connectivity index (χ2v) is 5.23. The first-order chi connectivity index (χ1) is 8.25. The minimum Gasteiger partial charge on any atom is -0.312 e. The van der Waals surface area contributed by atoms with Crippen LogP contribution in [0.4, 0.5) is 0 Å². The highest BCUT2D eigenvalue weighted by Crippen LogP contribution is 2.16. The Bertz CT molecular complexity index is 448. The number of aromatic nitrogens is 4. The first kappa shape index (κ1) is 12.2. The van der Waals surface area contributed by atoms with E-state index < -0.39 is 0 Å². The van der Waals surface area contributed by atoms with Crippen LogP contribution in [0.2, 0.25) is 0 Å². The normalized spacial score (nSPS) is 10.9. The first-order valence-electron chi connectivity index (χ1n) is 5.73. The molecule has 92 valence electrons. The molecule has 0 unspecified atom stereocenters. The molecule has 0 fully saturated rings. The zero-order chi connectivity index (χ0) is 12.1. The van der Waals surface area contributed by atoms with E-state index in [1.165, 1.54) is 4.88 Å². The summed E-state index contributed by atoms with van der Waals surface area (Å²) < 4.78 is 1.85. The Hall–Kier alpha value is -1.27. The van der Waals surface area contributed by atoms with Crippen LogP contribution >= 0.6 is 11.3 Å². The Morgan fingerprint density at radius 1 is 1.41 bits per heavy atom. The molecule has 1 N–H and O–H groups in total. The Kier molecular flexibility index (Phi) is 4.22. The fourth-order valence-corrected chi connectivity index (χ4v) is 2.56. The zero-order valence-electron chi connectivity index (χ0n) is 10.2. The second kappa shape index (κ2) is 5.88. The molecule has 0 spiro atoms. The lowest BCUT2D eigenvalue weighted by molar-refractivity contribution is 0.531. The Morgan fingerprint density at radius 3 is 2.94 bits per heavy atom. The molecule has 17 heavy (non-hydrogen) atoms. The van der Waals surface area contributed by atoms with E-state index in [0.29, 0.717) is 0 Å². The summed E-state index contributed by atoms with van der Waals surface area (Å²) in [6, 6.07) is 0. The molecule has 2 aromatic rings. The summed E-state index contributed by atoms with van der Waals surface area (Å²) in [4.78, 5) is 5.74. The molecular weight excluding hydrogens is 234 g/mol. The Balaban J connectivity index is 1.65. The molecule has 0 aliphatic carbocycles. The van der Waals surface area contributed by atoms with Crippen LogP contribution in [0.25, 0.3) is 0 Å². The summed E-state index contributed by atoms with van der Waals surface area (Å²) >= 11 is 1.77. The van der Waals surface area contributed by atoms with Gasteiger partial charge in [-0.1, -0.05) is 5.21 Å². The van der Waals surface area contributed by atoms with Crippen molar-refractivity contribution in [2.24, 2.45) is 0 Å². The van der Waals surface area contributed by atoms with E-state index in [0.717, 1.165) is 36.8 Å². The van der Waals surface area contributed by atoms with Gasteiger partial charge in [-0.3, -0.25) is 4.68 Å². The maximum atomic E-state index is 4.41. The molecule has 6 heteroatoms. The zero-order valence-corrected chi connectivity index (χ0v) is 11.0. The van der Waals surface area contributed by atoms with Crippen LogP contribution in [-0.4, -0.2) is 26.5 Å². The maximum Gasteiger partial charge on any atom is 0.0900 e. The number of nitrogens with zero attached hydrogens (tertiary/aromatic N) is 4. The molecule has 0 saturated heterocycles. The molecule has 5 nitrogen and oxygen atoms in total. The highest BCUT2D eigenvalue weighted by molar-refractivity contribution is 7.11. The largest absolute Gasteiger partial charge is 0.312 e. The SMILES string of the molecule is Cc1nc(C)c(CNCCCn2ccnn2)s1. The molecule has 0 aliphatic rings. The highest BCUT2D eigenvalue weighted by Gasteiger charge is 2.03. The number of rotatable bonds is 6. The average molecular weight is 251 g/mol. The quantitative estimate of drug-likeness (QED) is 0.791. The molecule has 0 aliphatic heterocycles. The minimum atomic E-state index is 0.910. The number of nitrogens with one attached hydrogen (secondary N) is 1. The van der Waals surface area contributed by atoms with Crippen LogP contribution in [-0.2, 0) is 13.1 Å². The van der Waals surface area contributed by atoms with Gasteiger partial charge in [0.15, 0.2) is 0 Å². The molecular formula is C11H17N5S. The van der Waals surface area contributed by atoms with Gasteiger partial charge in [0.2, 0.25) is 0 Å². The molecule has 0 amide bonds. The number of hydrogen-bond donors (Lipinski definition) is 1. The Morgan fingerprint density at radius 2 is 2.29 bits per heavy atom. The van der Waals surface area contributed by atoms with Crippen molar-refractivity contribution in [3.8, 4) is 0 Å². The van der Waals surface area contributed by atoms with Gasteiger partial charge in [0.1, 0.15) is 0 Å². The van der Waals surface area contributed by atoms with E-state index in [9.17, 15) is 0 Å². The smallest absolute Gasteiger partial charge is 0.0900 e. The fourth-order valence-electron chi connectivity index (χ4n) is 1.66. The molecule has 2 rings (SSSR count). The van der Waals surface area contributed by atoms with Crippen LogP contribution < -0.4 is 5.32 Å². The van der Waals surface area contributed by atoms with Crippen molar-refractivity contribution >= 4 is 11.3 Å².